The van der Waals surface area contributed by atoms with Gasteiger partial charge in [-0.1, -0.05) is 25.5 Å². The lowest BCUT2D eigenvalue weighted by molar-refractivity contribution is -0.120. The zero-order valence-electron chi connectivity index (χ0n) is 17.9. The number of amides is 1. The van der Waals surface area contributed by atoms with Crippen molar-refractivity contribution in [2.45, 2.75) is 43.9 Å². The second-order valence-corrected chi connectivity index (χ2v) is 9.69. The van der Waals surface area contributed by atoms with Gasteiger partial charge in [-0.15, -0.1) is 0 Å². The maximum atomic E-state index is 13.7. The number of piperidine rings is 1. The first-order valence-electron chi connectivity index (χ1n) is 10.6. The molecular formula is C23H29FN2O4S. The molecule has 0 saturated carbocycles. The van der Waals surface area contributed by atoms with Crippen LogP contribution in [0.25, 0.3) is 0 Å². The lowest BCUT2D eigenvalue weighted by Crippen LogP contribution is -2.43. The summed E-state index contributed by atoms with van der Waals surface area (Å²) >= 11 is 0. The van der Waals surface area contributed by atoms with Crippen LogP contribution in [0.1, 0.15) is 38.2 Å². The normalized spacial score (nSPS) is 17.3. The average Bonchev–Trinajstić information content (AvgIpc) is 2.78. The largest absolute Gasteiger partial charge is 0.495 e. The molecule has 168 valence electrons. The number of nitrogens with one attached hydrogen (secondary N) is 1. The second-order valence-electron chi connectivity index (χ2n) is 7.79. The van der Waals surface area contributed by atoms with Crippen molar-refractivity contribution in [1.29, 1.82) is 0 Å². The number of anilines is 1. The van der Waals surface area contributed by atoms with Gasteiger partial charge in [-0.2, -0.15) is 4.31 Å². The van der Waals surface area contributed by atoms with E-state index in [2.05, 4.69) is 12.2 Å². The molecule has 1 saturated heterocycles. The Hall–Kier alpha value is -2.45. The van der Waals surface area contributed by atoms with Gasteiger partial charge in [-0.05, 0) is 61.6 Å². The molecule has 0 aromatic heterocycles. The Bertz CT molecular complexity index is 1010. The standard InChI is InChI=1S/C23H29FN2O4S/c1-3-4-6-17-8-11-20(12-9-17)25-23(27)18-7-5-14-26(16-18)31(28,29)22-15-19(24)10-13-21(22)30-2/h8-13,15,18H,3-7,14,16H2,1-2H3,(H,25,27)/t18-/m0/s1. The molecule has 6 nitrogen and oxygen atoms in total. The molecule has 1 N–H and O–H groups in total. The molecule has 1 amide bonds. The molecule has 1 atom stereocenters. The van der Waals surface area contributed by atoms with Crippen LogP contribution in [0.3, 0.4) is 0 Å². The molecule has 1 heterocycles. The van der Waals surface area contributed by atoms with Gasteiger partial charge in [0.15, 0.2) is 0 Å². The summed E-state index contributed by atoms with van der Waals surface area (Å²) in [5.74, 6) is -1.28. The second kappa shape index (κ2) is 10.2. The van der Waals surface area contributed by atoms with Gasteiger partial charge in [0.1, 0.15) is 16.5 Å². The molecule has 1 aliphatic rings. The Morgan fingerprint density at radius 3 is 2.65 bits per heavy atom. The first kappa shape index (κ1) is 23.2. The number of nitrogens with zero attached hydrogens (tertiary/aromatic N) is 1. The van der Waals surface area contributed by atoms with Gasteiger partial charge in [-0.25, -0.2) is 12.8 Å². The van der Waals surface area contributed by atoms with Crippen LogP contribution in [0.15, 0.2) is 47.4 Å². The third kappa shape index (κ3) is 5.62. The molecule has 2 aromatic carbocycles. The third-order valence-corrected chi connectivity index (χ3v) is 7.43. The van der Waals surface area contributed by atoms with Crippen molar-refractivity contribution < 1.29 is 22.3 Å². The summed E-state index contributed by atoms with van der Waals surface area (Å²) < 4.78 is 46.3. The molecule has 0 spiro atoms. The van der Waals surface area contributed by atoms with E-state index < -0.39 is 21.8 Å². The summed E-state index contributed by atoms with van der Waals surface area (Å²) in [5.41, 5.74) is 1.91. The van der Waals surface area contributed by atoms with Crippen LogP contribution in [0.2, 0.25) is 0 Å². The summed E-state index contributed by atoms with van der Waals surface area (Å²) in [6, 6.07) is 11.1. The molecule has 0 aliphatic carbocycles. The summed E-state index contributed by atoms with van der Waals surface area (Å²) in [6.45, 7) is 2.47. The maximum absolute atomic E-state index is 13.7. The van der Waals surface area contributed by atoms with Crippen molar-refractivity contribution in [3.63, 3.8) is 0 Å². The fraction of sp³-hybridized carbons (Fsp3) is 0.435. The number of hydrogen-bond donors (Lipinski definition) is 1. The Morgan fingerprint density at radius 1 is 1.23 bits per heavy atom. The summed E-state index contributed by atoms with van der Waals surface area (Å²) in [6.07, 6.45) is 4.39. The Kier molecular flexibility index (Phi) is 7.67. The fourth-order valence-corrected chi connectivity index (χ4v) is 5.44. The van der Waals surface area contributed by atoms with Crippen molar-refractivity contribution in [3.8, 4) is 5.75 Å². The molecule has 0 radical (unpaired) electrons. The quantitative estimate of drug-likeness (QED) is 0.656. The number of ether oxygens (including phenoxy) is 1. The smallest absolute Gasteiger partial charge is 0.246 e. The number of benzene rings is 2. The van der Waals surface area contributed by atoms with Gasteiger partial charge in [0.05, 0.1) is 13.0 Å². The van der Waals surface area contributed by atoms with Crippen LogP contribution in [-0.2, 0) is 21.2 Å². The summed E-state index contributed by atoms with van der Waals surface area (Å²) in [5, 5.41) is 2.89. The first-order valence-corrected chi connectivity index (χ1v) is 12.0. The highest BCUT2D eigenvalue weighted by atomic mass is 32.2. The molecule has 1 fully saturated rings. The van der Waals surface area contributed by atoms with Crippen LogP contribution in [-0.4, -0.2) is 38.8 Å². The van der Waals surface area contributed by atoms with E-state index in [1.807, 2.05) is 24.3 Å². The minimum Gasteiger partial charge on any atom is -0.495 e. The Morgan fingerprint density at radius 2 is 1.97 bits per heavy atom. The van der Waals surface area contributed by atoms with Crippen LogP contribution >= 0.6 is 0 Å². The van der Waals surface area contributed by atoms with E-state index in [1.54, 1.807) is 0 Å². The SMILES string of the molecule is CCCCc1ccc(NC(=O)[C@H]2CCCN(S(=O)(=O)c3cc(F)ccc3OC)C2)cc1. The lowest BCUT2D eigenvalue weighted by atomic mass is 9.98. The molecule has 31 heavy (non-hydrogen) atoms. The van der Waals surface area contributed by atoms with Gasteiger partial charge in [-0.3, -0.25) is 4.79 Å². The molecule has 0 bridgehead atoms. The van der Waals surface area contributed by atoms with Crippen molar-refractivity contribution in [2.75, 3.05) is 25.5 Å². The van der Waals surface area contributed by atoms with Gasteiger partial charge < -0.3 is 10.1 Å². The Balaban J connectivity index is 1.70. The van der Waals surface area contributed by atoms with Crippen molar-refractivity contribution in [2.24, 2.45) is 5.92 Å². The van der Waals surface area contributed by atoms with E-state index in [-0.39, 0.29) is 29.6 Å². The number of unbranched alkanes of at least 4 members (excludes halogenated alkanes) is 1. The number of rotatable bonds is 8. The highest BCUT2D eigenvalue weighted by molar-refractivity contribution is 7.89. The van der Waals surface area contributed by atoms with Gasteiger partial charge in [0.2, 0.25) is 15.9 Å². The monoisotopic (exact) mass is 448 g/mol. The lowest BCUT2D eigenvalue weighted by Gasteiger charge is -2.31. The number of carbonyl (C=O) groups excluding carboxylic acids is 1. The molecule has 8 heteroatoms. The van der Waals surface area contributed by atoms with Gasteiger partial charge in [0.25, 0.3) is 0 Å². The molecular weight excluding hydrogens is 419 g/mol. The molecule has 2 aromatic rings. The highest BCUT2D eigenvalue weighted by Gasteiger charge is 2.35. The average molecular weight is 449 g/mol. The van der Waals surface area contributed by atoms with E-state index in [4.69, 9.17) is 4.74 Å². The summed E-state index contributed by atoms with van der Waals surface area (Å²) in [7, 11) is -2.65. The summed E-state index contributed by atoms with van der Waals surface area (Å²) in [4.78, 5) is 12.6. The number of halogens is 1. The van der Waals surface area contributed by atoms with E-state index >= 15 is 0 Å². The number of sulfonamides is 1. The Labute approximate surface area is 183 Å². The van der Waals surface area contributed by atoms with Crippen LogP contribution in [0, 0.1) is 11.7 Å². The fourth-order valence-electron chi connectivity index (χ4n) is 3.75. The predicted octanol–water partition coefficient (Wildman–Crippen LogP) is 4.22. The minimum atomic E-state index is -3.99. The third-order valence-electron chi connectivity index (χ3n) is 5.54. The minimum absolute atomic E-state index is 0.0441. The van der Waals surface area contributed by atoms with E-state index in [0.29, 0.717) is 18.5 Å². The van der Waals surface area contributed by atoms with Gasteiger partial charge in [0, 0.05) is 18.8 Å². The van der Waals surface area contributed by atoms with E-state index in [1.165, 1.54) is 23.0 Å². The van der Waals surface area contributed by atoms with Crippen molar-refractivity contribution in [3.05, 3.63) is 53.8 Å². The van der Waals surface area contributed by atoms with Crippen LogP contribution < -0.4 is 10.1 Å². The van der Waals surface area contributed by atoms with E-state index in [0.717, 1.165) is 31.4 Å². The van der Waals surface area contributed by atoms with Gasteiger partial charge >= 0.3 is 0 Å². The molecule has 1 aliphatic heterocycles. The van der Waals surface area contributed by atoms with E-state index in [9.17, 15) is 17.6 Å². The number of methoxy groups -OCH3 is 1. The number of carbonyl (C=O) groups is 1. The number of hydrogen-bond acceptors (Lipinski definition) is 4. The van der Waals surface area contributed by atoms with Crippen molar-refractivity contribution in [1.82, 2.24) is 4.31 Å². The first-order chi connectivity index (χ1) is 14.8. The van der Waals surface area contributed by atoms with Crippen molar-refractivity contribution >= 4 is 21.6 Å². The molecule has 0 unspecified atom stereocenters. The molecule has 3 rings (SSSR count). The van der Waals surface area contributed by atoms with Crippen LogP contribution in [0.4, 0.5) is 10.1 Å². The highest BCUT2D eigenvalue weighted by Crippen LogP contribution is 2.30. The van der Waals surface area contributed by atoms with Crippen LogP contribution in [0.5, 0.6) is 5.75 Å². The maximum Gasteiger partial charge on any atom is 0.246 e. The predicted molar refractivity (Wildman–Crippen MR) is 118 cm³/mol. The zero-order chi connectivity index (χ0) is 22.4. The number of aryl methyl sites for hydroxylation is 1. The zero-order valence-corrected chi connectivity index (χ0v) is 18.8. The topological polar surface area (TPSA) is 75.7 Å².